The van der Waals surface area contributed by atoms with Gasteiger partial charge in [-0.15, -0.1) is 0 Å². The third-order valence-electron chi connectivity index (χ3n) is 4.21. The lowest BCUT2D eigenvalue weighted by Crippen LogP contribution is -2.36. The van der Waals surface area contributed by atoms with Crippen LogP contribution in [0, 0.1) is 5.92 Å². The highest BCUT2D eigenvalue weighted by Crippen LogP contribution is 2.29. The van der Waals surface area contributed by atoms with Crippen molar-refractivity contribution in [1.82, 2.24) is 9.88 Å². The Morgan fingerprint density at radius 1 is 1.48 bits per heavy atom. The number of benzene rings is 1. The minimum absolute atomic E-state index is 0.0799. The van der Waals surface area contributed by atoms with Crippen LogP contribution in [-0.2, 0) is 4.79 Å². The van der Waals surface area contributed by atoms with Crippen LogP contribution in [0.3, 0.4) is 0 Å². The number of thiazole rings is 1. The zero-order valence-electron chi connectivity index (χ0n) is 14.3. The summed E-state index contributed by atoms with van der Waals surface area (Å²) in [6.07, 6.45) is 2.34. The van der Waals surface area contributed by atoms with E-state index in [4.69, 9.17) is 17.0 Å². The first-order chi connectivity index (χ1) is 12.0. The van der Waals surface area contributed by atoms with Gasteiger partial charge >= 0.3 is 0 Å². The number of carbonyl (C=O) groups excluding carboxylic acids is 1. The van der Waals surface area contributed by atoms with Crippen LogP contribution in [0.5, 0.6) is 5.75 Å². The topological polar surface area (TPSA) is 54.5 Å². The number of carbonyl (C=O) groups is 1. The molecule has 0 aliphatic carbocycles. The van der Waals surface area contributed by atoms with Gasteiger partial charge in [0.15, 0.2) is 5.13 Å². The molecular weight excluding hydrogens is 374 g/mol. The molecule has 0 saturated carbocycles. The van der Waals surface area contributed by atoms with Gasteiger partial charge < -0.3 is 15.0 Å². The Hall–Kier alpha value is -1.38. The predicted molar refractivity (Wildman–Crippen MR) is 110 cm³/mol. The van der Waals surface area contributed by atoms with Crippen LogP contribution in [-0.4, -0.2) is 46.1 Å². The zero-order chi connectivity index (χ0) is 17.8. The zero-order valence-corrected chi connectivity index (χ0v) is 16.7. The lowest BCUT2D eigenvalue weighted by molar-refractivity contribution is -0.113. The van der Waals surface area contributed by atoms with Gasteiger partial charge in [0.1, 0.15) is 10.1 Å². The van der Waals surface area contributed by atoms with Crippen molar-refractivity contribution >= 4 is 60.9 Å². The van der Waals surface area contributed by atoms with Crippen molar-refractivity contribution in [2.45, 2.75) is 19.8 Å². The maximum atomic E-state index is 12.2. The molecule has 1 aliphatic rings. The number of aromatic nitrogens is 1. The average Bonchev–Trinajstić information content (AvgIpc) is 3.01. The molecule has 0 spiro atoms. The molecule has 1 amide bonds. The number of hydrogen-bond donors (Lipinski definition) is 1. The summed E-state index contributed by atoms with van der Waals surface area (Å²) in [4.78, 5) is 18.8. The van der Waals surface area contributed by atoms with Crippen LogP contribution in [0.1, 0.15) is 19.8 Å². The van der Waals surface area contributed by atoms with Crippen LogP contribution < -0.4 is 10.1 Å². The molecule has 8 heteroatoms. The van der Waals surface area contributed by atoms with Crippen molar-refractivity contribution < 1.29 is 9.53 Å². The summed E-state index contributed by atoms with van der Waals surface area (Å²) in [6.45, 7) is 4.26. The van der Waals surface area contributed by atoms with E-state index in [2.05, 4.69) is 22.1 Å². The van der Waals surface area contributed by atoms with E-state index in [-0.39, 0.29) is 5.91 Å². The molecule has 1 aromatic heterocycles. The lowest BCUT2D eigenvalue weighted by atomic mass is 10.00. The fourth-order valence-electron chi connectivity index (χ4n) is 2.65. The van der Waals surface area contributed by atoms with E-state index in [1.54, 1.807) is 7.11 Å². The molecule has 1 fully saturated rings. The highest BCUT2D eigenvalue weighted by Gasteiger charge is 2.19. The number of thioether (sulfide) groups is 1. The number of methoxy groups -OCH3 is 1. The van der Waals surface area contributed by atoms with Gasteiger partial charge in [-0.05, 0) is 37.0 Å². The van der Waals surface area contributed by atoms with Gasteiger partial charge in [0, 0.05) is 13.1 Å². The van der Waals surface area contributed by atoms with Crippen molar-refractivity contribution in [3.63, 3.8) is 0 Å². The molecule has 0 radical (unpaired) electrons. The highest BCUT2D eigenvalue weighted by atomic mass is 32.2. The monoisotopic (exact) mass is 395 g/mol. The first kappa shape index (κ1) is 18.4. The molecular formula is C17H21N3O2S3. The molecule has 2 aromatic rings. The second-order valence-corrected chi connectivity index (χ2v) is 8.76. The summed E-state index contributed by atoms with van der Waals surface area (Å²) in [5.41, 5.74) is 0.853. The Morgan fingerprint density at radius 3 is 2.96 bits per heavy atom. The van der Waals surface area contributed by atoms with E-state index >= 15 is 0 Å². The number of anilines is 1. The fourth-order valence-corrected chi connectivity index (χ4v) is 4.61. The van der Waals surface area contributed by atoms with Crippen LogP contribution in [0.2, 0.25) is 0 Å². The van der Waals surface area contributed by atoms with Gasteiger partial charge in [0.05, 0.1) is 23.1 Å². The van der Waals surface area contributed by atoms with Crippen molar-refractivity contribution in [3.8, 4) is 5.75 Å². The second-order valence-electron chi connectivity index (χ2n) is 6.13. The molecule has 1 saturated heterocycles. The smallest absolute Gasteiger partial charge is 0.236 e. The van der Waals surface area contributed by atoms with Crippen LogP contribution >= 0.6 is 35.3 Å². The first-order valence-electron chi connectivity index (χ1n) is 8.21. The Balaban J connectivity index is 1.51. The van der Waals surface area contributed by atoms with Crippen LogP contribution in [0.15, 0.2) is 18.2 Å². The molecule has 1 aliphatic heterocycles. The number of piperidine rings is 1. The molecule has 0 bridgehead atoms. The maximum Gasteiger partial charge on any atom is 0.236 e. The number of nitrogens with one attached hydrogen (secondary N) is 1. The third-order valence-corrected chi connectivity index (χ3v) is 6.67. The standard InChI is InChI=1S/C17H21N3O2S3/c1-11-5-7-20(8-6-11)17(23)24-10-15(21)19-16-18-13-4-3-12(22-2)9-14(13)25-16/h3-4,9,11H,5-8,10H2,1-2H3,(H,18,19,21). The van der Waals surface area contributed by atoms with Gasteiger partial charge in [-0.25, -0.2) is 4.98 Å². The number of amides is 1. The van der Waals surface area contributed by atoms with Gasteiger partial charge in [-0.2, -0.15) is 0 Å². The van der Waals surface area contributed by atoms with E-state index in [0.717, 1.165) is 39.3 Å². The average molecular weight is 396 g/mol. The number of ether oxygens (including phenoxy) is 1. The van der Waals surface area contributed by atoms with Crippen molar-refractivity contribution in [1.29, 1.82) is 0 Å². The summed E-state index contributed by atoms with van der Waals surface area (Å²) in [6, 6.07) is 5.67. The lowest BCUT2D eigenvalue weighted by Gasteiger charge is -2.31. The quantitative estimate of drug-likeness (QED) is 0.790. The summed E-state index contributed by atoms with van der Waals surface area (Å²) in [7, 11) is 1.63. The largest absolute Gasteiger partial charge is 0.497 e. The molecule has 1 N–H and O–H groups in total. The SMILES string of the molecule is COc1ccc2nc(NC(=O)CSC(=S)N3CCC(C)CC3)sc2c1. The van der Waals surface area contributed by atoms with Gasteiger partial charge in [-0.3, -0.25) is 4.79 Å². The molecule has 1 aromatic carbocycles. The Bertz CT molecular complexity index is 770. The van der Waals surface area contributed by atoms with Crippen LogP contribution in [0.4, 0.5) is 5.13 Å². The molecule has 0 unspecified atom stereocenters. The van der Waals surface area contributed by atoms with Gasteiger partial charge in [-0.1, -0.05) is 42.2 Å². The van der Waals surface area contributed by atoms with E-state index in [1.165, 1.54) is 35.9 Å². The molecule has 25 heavy (non-hydrogen) atoms. The number of thiocarbonyl (C=S) groups is 1. The Kier molecular flexibility index (Phi) is 6.14. The molecule has 2 heterocycles. The second kappa shape index (κ2) is 8.33. The van der Waals surface area contributed by atoms with E-state index < -0.39 is 0 Å². The van der Waals surface area contributed by atoms with Crippen LogP contribution in [0.25, 0.3) is 10.2 Å². The van der Waals surface area contributed by atoms with E-state index in [1.807, 2.05) is 18.2 Å². The van der Waals surface area contributed by atoms with E-state index in [9.17, 15) is 4.79 Å². The van der Waals surface area contributed by atoms with E-state index in [0.29, 0.717) is 10.9 Å². The fraction of sp³-hybridized carbons (Fsp3) is 0.471. The van der Waals surface area contributed by atoms with Gasteiger partial charge in [0.2, 0.25) is 5.91 Å². The number of fused-ring (bicyclic) bond motifs is 1. The Morgan fingerprint density at radius 2 is 2.24 bits per heavy atom. The molecule has 3 rings (SSSR count). The molecule has 0 atom stereocenters. The Labute approximate surface area is 161 Å². The van der Waals surface area contributed by atoms with Crippen molar-refractivity contribution in [3.05, 3.63) is 18.2 Å². The first-order valence-corrected chi connectivity index (χ1v) is 10.4. The number of likely N-dealkylation sites (tertiary alicyclic amines) is 1. The number of hydrogen-bond acceptors (Lipinski definition) is 6. The van der Waals surface area contributed by atoms with Gasteiger partial charge in [0.25, 0.3) is 0 Å². The minimum Gasteiger partial charge on any atom is -0.497 e. The normalized spacial score (nSPS) is 15.4. The summed E-state index contributed by atoms with van der Waals surface area (Å²) >= 11 is 8.33. The highest BCUT2D eigenvalue weighted by molar-refractivity contribution is 8.23. The third kappa shape index (κ3) is 4.83. The van der Waals surface area contributed by atoms with Crippen molar-refractivity contribution in [2.24, 2.45) is 5.92 Å². The summed E-state index contributed by atoms with van der Waals surface area (Å²) in [5.74, 6) is 1.78. The summed E-state index contributed by atoms with van der Waals surface area (Å²) < 4.78 is 7.01. The minimum atomic E-state index is -0.0799. The number of nitrogens with zero attached hydrogens (tertiary/aromatic N) is 2. The summed E-state index contributed by atoms with van der Waals surface area (Å²) in [5, 5.41) is 3.47. The number of rotatable bonds is 4. The predicted octanol–water partition coefficient (Wildman–Crippen LogP) is 3.99. The molecule has 134 valence electrons. The van der Waals surface area contributed by atoms with Crippen molar-refractivity contribution in [2.75, 3.05) is 31.3 Å². The molecule has 5 nitrogen and oxygen atoms in total. The maximum absolute atomic E-state index is 12.2.